The van der Waals surface area contributed by atoms with Crippen molar-refractivity contribution in [2.24, 2.45) is 0 Å². The number of hydrogen-bond acceptors (Lipinski definition) is 6. The van der Waals surface area contributed by atoms with E-state index in [1.54, 1.807) is 16.9 Å². The highest BCUT2D eigenvalue weighted by atomic mass is 16.2. The molecule has 9 heteroatoms. The molecule has 3 amide bonds. The largest absolute Gasteiger partial charge is 0.366 e. The number of nitrogens with one attached hydrogen (secondary N) is 2. The lowest BCUT2D eigenvalue weighted by atomic mass is 10.3. The minimum atomic E-state index is -0.477. The second-order valence-electron chi connectivity index (χ2n) is 5.57. The summed E-state index contributed by atoms with van der Waals surface area (Å²) in [5.41, 5.74) is 2.17. The Morgan fingerprint density at radius 2 is 2.21 bits per heavy atom. The van der Waals surface area contributed by atoms with Gasteiger partial charge in [0.1, 0.15) is 5.69 Å². The Morgan fingerprint density at radius 1 is 1.42 bits per heavy atom. The molecule has 3 rings (SSSR count). The zero-order valence-electron chi connectivity index (χ0n) is 13.6. The normalized spacial score (nSPS) is 14.6. The van der Waals surface area contributed by atoms with Gasteiger partial charge in [0.05, 0.1) is 24.3 Å². The van der Waals surface area contributed by atoms with E-state index in [1.807, 2.05) is 13.1 Å². The molecule has 0 radical (unpaired) electrons. The highest BCUT2D eigenvalue weighted by Crippen LogP contribution is 2.22. The predicted octanol–water partition coefficient (Wildman–Crippen LogP) is 0.221. The van der Waals surface area contributed by atoms with Gasteiger partial charge in [-0.2, -0.15) is 5.10 Å². The van der Waals surface area contributed by atoms with E-state index < -0.39 is 6.03 Å². The van der Waals surface area contributed by atoms with Crippen molar-refractivity contribution in [2.75, 3.05) is 42.5 Å². The van der Waals surface area contributed by atoms with E-state index in [2.05, 4.69) is 25.6 Å². The number of piperazine rings is 1. The molecule has 1 fully saturated rings. The maximum absolute atomic E-state index is 12.1. The Labute approximate surface area is 139 Å². The van der Waals surface area contributed by atoms with Crippen LogP contribution < -0.4 is 20.4 Å². The number of urea groups is 1. The van der Waals surface area contributed by atoms with E-state index in [1.165, 1.54) is 4.90 Å². The lowest BCUT2D eigenvalue weighted by Gasteiger charge is -2.29. The number of imide groups is 1. The van der Waals surface area contributed by atoms with E-state index in [9.17, 15) is 9.59 Å². The molecule has 1 aliphatic heterocycles. The summed E-state index contributed by atoms with van der Waals surface area (Å²) >= 11 is 0. The number of fused-ring (bicyclic) bond motifs is 1. The van der Waals surface area contributed by atoms with Crippen molar-refractivity contribution in [2.45, 2.75) is 13.3 Å². The van der Waals surface area contributed by atoms with Crippen LogP contribution in [-0.4, -0.2) is 59.8 Å². The maximum Gasteiger partial charge on any atom is 0.328 e. The Balaban J connectivity index is 1.91. The second kappa shape index (κ2) is 7.26. The van der Waals surface area contributed by atoms with Crippen molar-refractivity contribution < 1.29 is 9.59 Å². The van der Waals surface area contributed by atoms with Crippen LogP contribution in [-0.2, 0) is 4.79 Å². The first kappa shape index (κ1) is 16.2. The number of carbonyl (C=O) groups excluding carboxylic acids is 2. The van der Waals surface area contributed by atoms with Crippen LogP contribution in [0, 0.1) is 0 Å². The van der Waals surface area contributed by atoms with Crippen LogP contribution in [0.4, 0.5) is 16.2 Å². The van der Waals surface area contributed by atoms with E-state index in [0.29, 0.717) is 24.3 Å². The maximum atomic E-state index is 12.1. The van der Waals surface area contributed by atoms with Crippen molar-refractivity contribution in [1.29, 1.82) is 0 Å². The molecule has 0 bridgehead atoms. The van der Waals surface area contributed by atoms with Crippen LogP contribution in [0.15, 0.2) is 18.6 Å². The van der Waals surface area contributed by atoms with Gasteiger partial charge in [0, 0.05) is 32.7 Å². The molecule has 2 aromatic rings. The highest BCUT2D eigenvalue weighted by molar-refractivity contribution is 5.99. The molecule has 0 unspecified atom stereocenters. The molecule has 3 heterocycles. The smallest absolute Gasteiger partial charge is 0.328 e. The summed E-state index contributed by atoms with van der Waals surface area (Å²) in [6.07, 6.45) is 6.45. The van der Waals surface area contributed by atoms with Gasteiger partial charge in [-0.05, 0) is 6.42 Å². The van der Waals surface area contributed by atoms with E-state index in [-0.39, 0.29) is 0 Å². The van der Waals surface area contributed by atoms with Crippen LogP contribution in [0.5, 0.6) is 0 Å². The van der Waals surface area contributed by atoms with E-state index in [0.717, 1.165) is 38.3 Å². The molecular formula is C15H21N7O2. The zero-order valence-corrected chi connectivity index (χ0v) is 13.6. The lowest BCUT2D eigenvalue weighted by Crippen LogP contribution is -2.43. The molecule has 9 nitrogen and oxygen atoms in total. The van der Waals surface area contributed by atoms with Crippen molar-refractivity contribution in [3.05, 3.63) is 18.6 Å². The number of carbonyl (C=O) groups is 2. The predicted molar refractivity (Wildman–Crippen MR) is 90.3 cm³/mol. The number of rotatable bonds is 5. The fraction of sp³-hybridized carbons (Fsp3) is 0.467. The first-order valence-electron chi connectivity index (χ1n) is 8.05. The van der Waals surface area contributed by atoms with E-state index >= 15 is 0 Å². The van der Waals surface area contributed by atoms with Crippen molar-refractivity contribution in [3.8, 4) is 0 Å². The first-order valence-corrected chi connectivity index (χ1v) is 8.05. The zero-order chi connectivity index (χ0) is 16.9. The summed E-state index contributed by atoms with van der Waals surface area (Å²) in [4.78, 5) is 30.9. The van der Waals surface area contributed by atoms with Crippen molar-refractivity contribution in [3.63, 3.8) is 0 Å². The van der Waals surface area contributed by atoms with Crippen LogP contribution in [0.2, 0.25) is 0 Å². The molecule has 0 spiro atoms. The van der Waals surface area contributed by atoms with Crippen LogP contribution >= 0.6 is 0 Å². The molecule has 0 aliphatic carbocycles. The van der Waals surface area contributed by atoms with Gasteiger partial charge in [-0.15, -0.1) is 0 Å². The molecule has 1 aliphatic rings. The summed E-state index contributed by atoms with van der Waals surface area (Å²) in [6, 6.07) is -0.477. The second-order valence-corrected chi connectivity index (χ2v) is 5.57. The van der Waals surface area contributed by atoms with Gasteiger partial charge in [0.15, 0.2) is 5.65 Å². The molecule has 0 atom stereocenters. The number of hydrogen-bond donors (Lipinski definition) is 2. The molecular weight excluding hydrogens is 310 g/mol. The van der Waals surface area contributed by atoms with Gasteiger partial charge in [-0.3, -0.25) is 15.0 Å². The van der Waals surface area contributed by atoms with Crippen molar-refractivity contribution in [1.82, 2.24) is 25.2 Å². The summed E-state index contributed by atoms with van der Waals surface area (Å²) < 4.78 is 1.67. The SMILES string of the molecule is CCCN(C(=O)NC=O)c1cnn2cc(N3CCNCC3)cnc12. The summed E-state index contributed by atoms with van der Waals surface area (Å²) in [5, 5.41) is 9.81. The number of aromatic nitrogens is 3. The van der Waals surface area contributed by atoms with Gasteiger partial charge in [-0.25, -0.2) is 14.3 Å². The summed E-state index contributed by atoms with van der Waals surface area (Å²) in [7, 11) is 0. The van der Waals surface area contributed by atoms with Gasteiger partial charge in [0.2, 0.25) is 6.41 Å². The van der Waals surface area contributed by atoms with Gasteiger partial charge in [0.25, 0.3) is 0 Å². The fourth-order valence-electron chi connectivity index (χ4n) is 2.81. The van der Waals surface area contributed by atoms with Crippen LogP contribution in [0.25, 0.3) is 5.65 Å². The van der Waals surface area contributed by atoms with Gasteiger partial charge >= 0.3 is 6.03 Å². The Hall–Kier alpha value is -2.68. The highest BCUT2D eigenvalue weighted by Gasteiger charge is 2.20. The first-order chi connectivity index (χ1) is 11.7. The molecule has 24 heavy (non-hydrogen) atoms. The average Bonchev–Trinajstić information content (AvgIpc) is 3.03. The quantitative estimate of drug-likeness (QED) is 0.761. The van der Waals surface area contributed by atoms with Gasteiger partial charge in [-0.1, -0.05) is 6.92 Å². The third-order valence-corrected chi connectivity index (χ3v) is 3.97. The standard InChI is InChI=1S/C15H21N7O2/c1-2-5-21(15(24)18-11-23)13-9-19-22-10-12(8-17-14(13)22)20-6-3-16-4-7-20/h8-11,16H,2-7H2,1H3,(H,18,23,24). The van der Waals surface area contributed by atoms with E-state index in [4.69, 9.17) is 0 Å². The molecule has 128 valence electrons. The lowest BCUT2D eigenvalue weighted by molar-refractivity contribution is -0.108. The monoisotopic (exact) mass is 331 g/mol. The minimum Gasteiger partial charge on any atom is -0.366 e. The fourth-order valence-corrected chi connectivity index (χ4v) is 2.81. The number of nitrogens with zero attached hydrogens (tertiary/aromatic N) is 5. The molecule has 2 aromatic heterocycles. The summed E-state index contributed by atoms with van der Waals surface area (Å²) in [5.74, 6) is 0. The average molecular weight is 331 g/mol. The van der Waals surface area contributed by atoms with Gasteiger partial charge < -0.3 is 10.2 Å². The minimum absolute atomic E-state index is 0.382. The third-order valence-electron chi connectivity index (χ3n) is 3.97. The third kappa shape index (κ3) is 3.16. The number of anilines is 2. The number of amides is 3. The summed E-state index contributed by atoms with van der Waals surface area (Å²) in [6.45, 7) is 6.16. The Bertz CT molecular complexity index is 724. The van der Waals surface area contributed by atoms with Crippen LogP contribution in [0.1, 0.15) is 13.3 Å². The van der Waals surface area contributed by atoms with Crippen molar-refractivity contribution >= 4 is 29.5 Å². The molecule has 0 saturated carbocycles. The van der Waals surface area contributed by atoms with Crippen LogP contribution in [0.3, 0.4) is 0 Å². The molecule has 2 N–H and O–H groups in total. The Kier molecular flexibility index (Phi) is 4.90. The molecule has 0 aromatic carbocycles. The Morgan fingerprint density at radius 3 is 2.92 bits per heavy atom. The molecule has 1 saturated heterocycles. The topological polar surface area (TPSA) is 94.9 Å².